The number of ether oxygens (including phenoxy) is 1. The molecule has 0 aliphatic carbocycles. The zero-order valence-corrected chi connectivity index (χ0v) is 8.69. The standard InChI is InChI=1S/C6H8ClIO2/c1-3-10-6(9)5(7)4(2)8/h3H2,1-2H3/b5-4+. The first-order valence-corrected chi connectivity index (χ1v) is 4.24. The predicted molar refractivity (Wildman–Crippen MR) is 49.2 cm³/mol. The van der Waals surface area contributed by atoms with Gasteiger partial charge in [0.1, 0.15) is 5.03 Å². The van der Waals surface area contributed by atoms with Crippen molar-refractivity contribution in [2.45, 2.75) is 13.8 Å². The number of esters is 1. The summed E-state index contributed by atoms with van der Waals surface area (Å²) in [6, 6.07) is 0. The molecule has 0 saturated heterocycles. The molecule has 58 valence electrons. The molecular formula is C6H8ClIO2. The Bertz CT molecular complexity index is 161. The van der Waals surface area contributed by atoms with Gasteiger partial charge in [-0.05, 0) is 36.4 Å². The number of hydrogen-bond donors (Lipinski definition) is 0. The number of allylic oxidation sites excluding steroid dienone is 1. The minimum absolute atomic E-state index is 0.169. The van der Waals surface area contributed by atoms with Crippen LogP contribution in [0.2, 0.25) is 0 Å². The number of carbonyl (C=O) groups is 1. The molecule has 0 amide bonds. The fourth-order valence-corrected chi connectivity index (χ4v) is 0.610. The van der Waals surface area contributed by atoms with E-state index in [2.05, 4.69) is 4.74 Å². The molecule has 0 aliphatic rings. The van der Waals surface area contributed by atoms with E-state index in [4.69, 9.17) is 11.6 Å². The molecule has 0 bridgehead atoms. The molecule has 0 rings (SSSR count). The van der Waals surface area contributed by atoms with Crippen molar-refractivity contribution in [2.75, 3.05) is 6.61 Å². The van der Waals surface area contributed by atoms with Crippen LogP contribution in [0.3, 0.4) is 0 Å². The van der Waals surface area contributed by atoms with Crippen LogP contribution in [-0.2, 0) is 9.53 Å². The van der Waals surface area contributed by atoms with Crippen molar-refractivity contribution >= 4 is 40.2 Å². The summed E-state index contributed by atoms with van der Waals surface area (Å²) in [5.41, 5.74) is 0. The second-order valence-electron chi connectivity index (χ2n) is 1.57. The Balaban J connectivity index is 4.09. The molecule has 4 heteroatoms. The normalized spacial score (nSPS) is 12.4. The van der Waals surface area contributed by atoms with E-state index >= 15 is 0 Å². The van der Waals surface area contributed by atoms with Gasteiger partial charge in [-0.25, -0.2) is 4.79 Å². The van der Waals surface area contributed by atoms with Gasteiger partial charge in [0.25, 0.3) is 0 Å². The van der Waals surface area contributed by atoms with Crippen LogP contribution in [0, 0.1) is 0 Å². The van der Waals surface area contributed by atoms with Crippen LogP contribution in [0.4, 0.5) is 0 Å². The van der Waals surface area contributed by atoms with Crippen molar-refractivity contribution in [3.63, 3.8) is 0 Å². The van der Waals surface area contributed by atoms with Gasteiger partial charge < -0.3 is 4.74 Å². The van der Waals surface area contributed by atoms with Crippen LogP contribution in [-0.4, -0.2) is 12.6 Å². The summed E-state index contributed by atoms with van der Waals surface area (Å²) >= 11 is 7.51. The molecule has 0 radical (unpaired) electrons. The third-order valence-electron chi connectivity index (χ3n) is 0.757. The number of carbonyl (C=O) groups excluding carboxylic acids is 1. The first kappa shape index (κ1) is 10.2. The van der Waals surface area contributed by atoms with Crippen LogP contribution in [0.5, 0.6) is 0 Å². The zero-order valence-electron chi connectivity index (χ0n) is 5.78. The highest BCUT2D eigenvalue weighted by atomic mass is 127. The Kier molecular flexibility index (Phi) is 5.07. The summed E-state index contributed by atoms with van der Waals surface area (Å²) in [7, 11) is 0. The van der Waals surface area contributed by atoms with Crippen LogP contribution in [0.25, 0.3) is 0 Å². The summed E-state index contributed by atoms with van der Waals surface area (Å²) in [4.78, 5) is 10.8. The van der Waals surface area contributed by atoms with Crippen molar-refractivity contribution in [1.82, 2.24) is 0 Å². The van der Waals surface area contributed by atoms with Gasteiger partial charge in [0.15, 0.2) is 0 Å². The van der Waals surface area contributed by atoms with E-state index in [9.17, 15) is 4.79 Å². The topological polar surface area (TPSA) is 26.3 Å². The molecule has 0 unspecified atom stereocenters. The minimum atomic E-state index is -0.448. The average molecular weight is 274 g/mol. The summed E-state index contributed by atoms with van der Waals surface area (Å²) in [5, 5.41) is 0.169. The molecule has 0 atom stereocenters. The van der Waals surface area contributed by atoms with Crippen molar-refractivity contribution < 1.29 is 9.53 Å². The lowest BCUT2D eigenvalue weighted by atomic mass is 10.5. The van der Waals surface area contributed by atoms with Gasteiger partial charge in [0.05, 0.1) is 6.61 Å². The predicted octanol–water partition coefficient (Wildman–Crippen LogP) is 2.45. The van der Waals surface area contributed by atoms with E-state index in [-0.39, 0.29) is 5.03 Å². The van der Waals surface area contributed by atoms with Crippen LogP contribution in [0.1, 0.15) is 13.8 Å². The van der Waals surface area contributed by atoms with E-state index in [1.807, 2.05) is 22.6 Å². The fraction of sp³-hybridized carbons (Fsp3) is 0.500. The highest BCUT2D eigenvalue weighted by molar-refractivity contribution is 14.1. The van der Waals surface area contributed by atoms with Gasteiger partial charge in [0.2, 0.25) is 0 Å². The summed E-state index contributed by atoms with van der Waals surface area (Å²) in [6.07, 6.45) is 0. The highest BCUT2D eigenvalue weighted by Crippen LogP contribution is 2.16. The van der Waals surface area contributed by atoms with Crippen molar-refractivity contribution in [2.24, 2.45) is 0 Å². The minimum Gasteiger partial charge on any atom is -0.462 e. The molecule has 0 aliphatic heterocycles. The second kappa shape index (κ2) is 4.96. The van der Waals surface area contributed by atoms with Crippen LogP contribution >= 0.6 is 34.2 Å². The zero-order chi connectivity index (χ0) is 8.15. The van der Waals surface area contributed by atoms with Gasteiger partial charge in [-0.15, -0.1) is 0 Å². The fourth-order valence-electron chi connectivity index (χ4n) is 0.335. The molecule has 0 aromatic carbocycles. The molecule has 0 aromatic rings. The average Bonchev–Trinajstić information content (AvgIpc) is 1.87. The molecular weight excluding hydrogens is 266 g/mol. The maximum Gasteiger partial charge on any atom is 0.350 e. The Morgan fingerprint density at radius 1 is 1.70 bits per heavy atom. The maximum absolute atomic E-state index is 10.8. The Morgan fingerprint density at radius 3 is 2.50 bits per heavy atom. The lowest BCUT2D eigenvalue weighted by Crippen LogP contribution is -2.03. The third kappa shape index (κ3) is 3.41. The molecule has 0 heterocycles. The van der Waals surface area contributed by atoms with E-state index in [1.54, 1.807) is 13.8 Å². The molecule has 2 nitrogen and oxygen atoms in total. The van der Waals surface area contributed by atoms with E-state index in [0.29, 0.717) is 6.61 Å². The lowest BCUT2D eigenvalue weighted by molar-refractivity contribution is -0.137. The highest BCUT2D eigenvalue weighted by Gasteiger charge is 2.08. The quantitative estimate of drug-likeness (QED) is 0.439. The largest absolute Gasteiger partial charge is 0.462 e. The van der Waals surface area contributed by atoms with Crippen molar-refractivity contribution in [1.29, 1.82) is 0 Å². The maximum atomic E-state index is 10.8. The van der Waals surface area contributed by atoms with Gasteiger partial charge in [0, 0.05) is 3.58 Å². The summed E-state index contributed by atoms with van der Waals surface area (Å²) in [5.74, 6) is -0.448. The Labute approximate surface area is 78.7 Å². The SMILES string of the molecule is CCOC(=O)/C(Cl)=C(/C)I. The van der Waals surface area contributed by atoms with Gasteiger partial charge in [-0.1, -0.05) is 11.6 Å². The number of hydrogen-bond acceptors (Lipinski definition) is 2. The van der Waals surface area contributed by atoms with Gasteiger partial charge in [-0.3, -0.25) is 0 Å². The van der Waals surface area contributed by atoms with E-state index < -0.39 is 5.97 Å². The van der Waals surface area contributed by atoms with Crippen LogP contribution < -0.4 is 0 Å². The Morgan fingerprint density at radius 2 is 2.20 bits per heavy atom. The van der Waals surface area contributed by atoms with Gasteiger partial charge in [-0.2, -0.15) is 0 Å². The van der Waals surface area contributed by atoms with E-state index in [1.165, 1.54) is 0 Å². The molecule has 0 saturated carbocycles. The first-order chi connectivity index (χ1) is 4.59. The second-order valence-corrected chi connectivity index (χ2v) is 3.56. The number of rotatable bonds is 2. The van der Waals surface area contributed by atoms with Crippen LogP contribution in [0.15, 0.2) is 8.61 Å². The molecule has 0 aromatic heterocycles. The lowest BCUT2D eigenvalue weighted by Gasteiger charge is -1.99. The molecule has 10 heavy (non-hydrogen) atoms. The van der Waals surface area contributed by atoms with E-state index in [0.717, 1.165) is 3.58 Å². The van der Waals surface area contributed by atoms with Gasteiger partial charge >= 0.3 is 5.97 Å². The van der Waals surface area contributed by atoms with Crippen molar-refractivity contribution in [3.05, 3.63) is 8.61 Å². The molecule has 0 spiro atoms. The summed E-state index contributed by atoms with van der Waals surface area (Å²) in [6.45, 7) is 3.85. The molecule has 0 N–H and O–H groups in total. The monoisotopic (exact) mass is 274 g/mol. The first-order valence-electron chi connectivity index (χ1n) is 2.78. The Hall–Kier alpha value is 0.230. The smallest absolute Gasteiger partial charge is 0.350 e. The van der Waals surface area contributed by atoms with Crippen molar-refractivity contribution in [3.8, 4) is 0 Å². The number of halogens is 2. The summed E-state index contributed by atoms with van der Waals surface area (Å²) < 4.78 is 5.38. The third-order valence-corrected chi connectivity index (χ3v) is 2.05. The molecule has 0 fully saturated rings.